The molecule has 0 bridgehead atoms. The first kappa shape index (κ1) is 13.7. The highest BCUT2D eigenvalue weighted by Gasteiger charge is 2.29. The van der Waals surface area contributed by atoms with E-state index in [-0.39, 0.29) is 0 Å². The van der Waals surface area contributed by atoms with Gasteiger partial charge < -0.3 is 5.32 Å². The van der Waals surface area contributed by atoms with Crippen LogP contribution in [0, 0.1) is 5.92 Å². The summed E-state index contributed by atoms with van der Waals surface area (Å²) in [6.07, 6.45) is 2.63. The van der Waals surface area contributed by atoms with Crippen LogP contribution in [0.3, 0.4) is 0 Å². The number of thioether (sulfide) groups is 2. The highest BCUT2D eigenvalue weighted by molar-refractivity contribution is 8.07. The summed E-state index contributed by atoms with van der Waals surface area (Å²) in [4.78, 5) is 0. The zero-order chi connectivity index (χ0) is 11.3. The van der Waals surface area contributed by atoms with Crippen LogP contribution < -0.4 is 5.32 Å². The molecule has 1 N–H and O–H groups in total. The standard InChI is InChI=1S/C12H25NS2/c1-5-9(2)8-11(13-4)12-10(3)14-6-7-15-12/h9-13H,5-8H2,1-4H3. The second-order valence-electron chi connectivity index (χ2n) is 4.56. The monoisotopic (exact) mass is 247 g/mol. The van der Waals surface area contributed by atoms with Gasteiger partial charge in [-0.3, -0.25) is 0 Å². The molecule has 15 heavy (non-hydrogen) atoms. The summed E-state index contributed by atoms with van der Waals surface area (Å²) >= 11 is 4.32. The smallest absolute Gasteiger partial charge is 0.0317 e. The van der Waals surface area contributed by atoms with Gasteiger partial charge in [-0.1, -0.05) is 27.2 Å². The molecule has 1 saturated heterocycles. The second-order valence-corrected chi connectivity index (χ2v) is 7.33. The molecule has 3 heteroatoms. The molecule has 1 aliphatic heterocycles. The Morgan fingerprint density at radius 2 is 2.00 bits per heavy atom. The third-order valence-electron chi connectivity index (χ3n) is 3.36. The first-order valence-corrected chi connectivity index (χ1v) is 8.19. The summed E-state index contributed by atoms with van der Waals surface area (Å²) in [6.45, 7) is 7.06. The van der Waals surface area contributed by atoms with Crippen molar-refractivity contribution in [2.45, 2.75) is 50.2 Å². The lowest BCUT2D eigenvalue weighted by Crippen LogP contribution is -2.43. The molecule has 0 aromatic rings. The minimum absolute atomic E-state index is 0.702. The summed E-state index contributed by atoms with van der Waals surface area (Å²) in [5, 5.41) is 5.15. The van der Waals surface area contributed by atoms with Crippen LogP contribution in [0.1, 0.15) is 33.6 Å². The molecule has 0 aromatic heterocycles. The van der Waals surface area contributed by atoms with Crippen molar-refractivity contribution in [2.24, 2.45) is 5.92 Å². The van der Waals surface area contributed by atoms with Gasteiger partial charge in [-0.15, -0.1) is 0 Å². The van der Waals surface area contributed by atoms with E-state index in [1.165, 1.54) is 24.3 Å². The van der Waals surface area contributed by atoms with Crippen LogP contribution >= 0.6 is 23.5 Å². The average molecular weight is 247 g/mol. The number of rotatable bonds is 5. The first-order valence-electron chi connectivity index (χ1n) is 6.09. The molecule has 1 aliphatic rings. The Morgan fingerprint density at radius 1 is 1.33 bits per heavy atom. The van der Waals surface area contributed by atoms with Crippen LogP contribution in [0.2, 0.25) is 0 Å². The molecule has 1 fully saturated rings. The summed E-state index contributed by atoms with van der Waals surface area (Å²) in [7, 11) is 2.12. The maximum absolute atomic E-state index is 3.53. The van der Waals surface area contributed by atoms with Crippen LogP contribution in [0.15, 0.2) is 0 Å². The van der Waals surface area contributed by atoms with Gasteiger partial charge in [0.05, 0.1) is 0 Å². The number of nitrogens with one attached hydrogen (secondary N) is 1. The van der Waals surface area contributed by atoms with Gasteiger partial charge in [0.25, 0.3) is 0 Å². The van der Waals surface area contributed by atoms with Crippen LogP contribution in [0.5, 0.6) is 0 Å². The summed E-state index contributed by atoms with van der Waals surface area (Å²) in [5.41, 5.74) is 0. The predicted molar refractivity (Wildman–Crippen MR) is 75.1 cm³/mol. The Balaban J connectivity index is 2.48. The van der Waals surface area contributed by atoms with Crippen molar-refractivity contribution in [3.63, 3.8) is 0 Å². The van der Waals surface area contributed by atoms with E-state index in [9.17, 15) is 0 Å². The molecule has 4 atom stereocenters. The SMILES string of the molecule is CCC(C)CC(NC)C1SCCSC1C. The van der Waals surface area contributed by atoms with E-state index >= 15 is 0 Å². The Bertz CT molecular complexity index is 175. The van der Waals surface area contributed by atoms with E-state index in [2.05, 4.69) is 56.7 Å². The van der Waals surface area contributed by atoms with Gasteiger partial charge in [-0.25, -0.2) is 0 Å². The zero-order valence-electron chi connectivity index (χ0n) is 10.5. The third-order valence-corrected chi connectivity index (χ3v) is 6.61. The normalized spacial score (nSPS) is 31.2. The van der Waals surface area contributed by atoms with Crippen LogP contribution in [-0.2, 0) is 0 Å². The van der Waals surface area contributed by atoms with Gasteiger partial charge >= 0.3 is 0 Å². The Hall–Kier alpha value is 0.660. The van der Waals surface area contributed by atoms with Crippen molar-refractivity contribution in [1.82, 2.24) is 5.32 Å². The molecule has 0 radical (unpaired) electrons. The third kappa shape index (κ3) is 4.20. The predicted octanol–water partition coefficient (Wildman–Crippen LogP) is 3.25. The molecule has 4 unspecified atom stereocenters. The fraction of sp³-hybridized carbons (Fsp3) is 1.00. The van der Waals surface area contributed by atoms with Crippen molar-refractivity contribution in [2.75, 3.05) is 18.6 Å². The maximum atomic E-state index is 3.53. The summed E-state index contributed by atoms with van der Waals surface area (Å²) in [6, 6.07) is 0.702. The Morgan fingerprint density at radius 3 is 2.53 bits per heavy atom. The van der Waals surface area contributed by atoms with E-state index in [1.807, 2.05) is 0 Å². The minimum Gasteiger partial charge on any atom is -0.316 e. The van der Waals surface area contributed by atoms with Gasteiger partial charge in [0.1, 0.15) is 0 Å². The molecule has 0 saturated carbocycles. The van der Waals surface area contributed by atoms with Crippen molar-refractivity contribution in [3.8, 4) is 0 Å². The largest absolute Gasteiger partial charge is 0.316 e. The molecule has 1 nitrogen and oxygen atoms in total. The lowest BCUT2D eigenvalue weighted by Gasteiger charge is -2.35. The van der Waals surface area contributed by atoms with Gasteiger partial charge in [-0.2, -0.15) is 23.5 Å². The number of hydrogen-bond donors (Lipinski definition) is 1. The molecule has 0 aliphatic carbocycles. The highest BCUT2D eigenvalue weighted by atomic mass is 32.2. The molecule has 1 rings (SSSR count). The van der Waals surface area contributed by atoms with Gasteiger partial charge in [0.15, 0.2) is 0 Å². The lowest BCUT2D eigenvalue weighted by atomic mass is 9.96. The van der Waals surface area contributed by atoms with Crippen molar-refractivity contribution in [3.05, 3.63) is 0 Å². The van der Waals surface area contributed by atoms with Crippen molar-refractivity contribution < 1.29 is 0 Å². The quantitative estimate of drug-likeness (QED) is 0.801. The van der Waals surface area contributed by atoms with Crippen molar-refractivity contribution in [1.29, 1.82) is 0 Å². The molecule has 0 amide bonds. The lowest BCUT2D eigenvalue weighted by molar-refractivity contribution is 0.401. The molecular formula is C12H25NS2. The van der Waals surface area contributed by atoms with Gasteiger partial charge in [-0.05, 0) is 19.4 Å². The van der Waals surface area contributed by atoms with Gasteiger partial charge in [0.2, 0.25) is 0 Å². The summed E-state index contributed by atoms with van der Waals surface area (Å²) < 4.78 is 0. The van der Waals surface area contributed by atoms with Gasteiger partial charge in [0, 0.05) is 28.0 Å². The molecular weight excluding hydrogens is 222 g/mol. The van der Waals surface area contributed by atoms with Crippen LogP contribution in [0.4, 0.5) is 0 Å². The maximum Gasteiger partial charge on any atom is 0.0317 e. The van der Waals surface area contributed by atoms with E-state index in [0.717, 1.165) is 16.4 Å². The van der Waals surface area contributed by atoms with Crippen LogP contribution in [0.25, 0.3) is 0 Å². The Labute approximate surface area is 104 Å². The van der Waals surface area contributed by atoms with Crippen LogP contribution in [-0.4, -0.2) is 35.1 Å². The van der Waals surface area contributed by atoms with E-state index in [0.29, 0.717) is 6.04 Å². The second kappa shape index (κ2) is 7.08. The topological polar surface area (TPSA) is 12.0 Å². The average Bonchev–Trinajstić information content (AvgIpc) is 2.26. The molecule has 90 valence electrons. The molecule has 0 spiro atoms. The minimum atomic E-state index is 0.702. The highest BCUT2D eigenvalue weighted by Crippen LogP contribution is 2.34. The first-order chi connectivity index (χ1) is 7.19. The molecule has 0 aromatic carbocycles. The van der Waals surface area contributed by atoms with E-state index < -0.39 is 0 Å². The zero-order valence-corrected chi connectivity index (χ0v) is 12.1. The van der Waals surface area contributed by atoms with E-state index in [1.54, 1.807) is 0 Å². The summed E-state index contributed by atoms with van der Waals surface area (Å²) in [5.74, 6) is 3.52. The fourth-order valence-corrected chi connectivity index (χ4v) is 5.12. The number of hydrogen-bond acceptors (Lipinski definition) is 3. The fourth-order valence-electron chi connectivity index (χ4n) is 2.11. The van der Waals surface area contributed by atoms with Crippen molar-refractivity contribution >= 4 is 23.5 Å². The Kier molecular flexibility index (Phi) is 6.48. The molecule has 1 heterocycles. The van der Waals surface area contributed by atoms with E-state index in [4.69, 9.17) is 0 Å².